The van der Waals surface area contributed by atoms with Crippen LogP contribution in [0.4, 0.5) is 10.1 Å². The van der Waals surface area contributed by atoms with Crippen LogP contribution in [0.5, 0.6) is 5.75 Å². The van der Waals surface area contributed by atoms with Crippen LogP contribution >= 0.6 is 23.2 Å². The van der Waals surface area contributed by atoms with Gasteiger partial charge in [0.25, 0.3) is 0 Å². The number of carbonyl (C=O) groups excluding carboxylic acids is 1. The predicted molar refractivity (Wildman–Crippen MR) is 97.0 cm³/mol. The largest absolute Gasteiger partial charge is 0.491 e. The fourth-order valence-corrected chi connectivity index (χ4v) is 3.04. The van der Waals surface area contributed by atoms with E-state index in [1.54, 1.807) is 24.3 Å². The summed E-state index contributed by atoms with van der Waals surface area (Å²) in [5.74, 6) is -0.272. The summed E-state index contributed by atoms with van der Waals surface area (Å²) >= 11 is 11.9. The third kappa shape index (κ3) is 4.24. The van der Waals surface area contributed by atoms with Crippen LogP contribution < -0.4 is 15.4 Å². The second-order valence-corrected chi connectivity index (χ2v) is 6.48. The predicted octanol–water partition coefficient (Wildman–Crippen LogP) is 4.19. The van der Waals surface area contributed by atoms with Crippen molar-refractivity contribution >= 4 is 34.8 Å². The minimum absolute atomic E-state index is 0.0704. The third-order valence-corrected chi connectivity index (χ3v) is 4.79. The maximum absolute atomic E-state index is 14.5. The Bertz CT molecular complexity index is 799. The minimum atomic E-state index is -0.355. The lowest BCUT2D eigenvalue weighted by Gasteiger charge is -2.19. The zero-order valence-corrected chi connectivity index (χ0v) is 14.9. The molecule has 2 aromatic carbocycles. The fourth-order valence-electron chi connectivity index (χ4n) is 2.69. The summed E-state index contributed by atoms with van der Waals surface area (Å²) in [6.07, 6.45) is 0.683. The number of halogens is 3. The summed E-state index contributed by atoms with van der Waals surface area (Å²) in [4.78, 5) is 12.0. The Balaban J connectivity index is 1.57. The molecule has 132 valence electrons. The summed E-state index contributed by atoms with van der Waals surface area (Å²) in [6.45, 7) is 1.49. The molecule has 0 aliphatic carbocycles. The zero-order valence-electron chi connectivity index (χ0n) is 13.4. The van der Waals surface area contributed by atoms with E-state index in [2.05, 4.69) is 10.6 Å². The molecule has 0 atom stereocenters. The van der Waals surface area contributed by atoms with E-state index < -0.39 is 0 Å². The molecule has 0 bridgehead atoms. The molecule has 2 aromatic rings. The van der Waals surface area contributed by atoms with Gasteiger partial charge in [-0.05, 0) is 42.3 Å². The molecular formula is C18H17Cl2FN2O2. The number of nitrogens with one attached hydrogen (secondary N) is 2. The van der Waals surface area contributed by atoms with Gasteiger partial charge in [0, 0.05) is 6.54 Å². The minimum Gasteiger partial charge on any atom is -0.491 e. The van der Waals surface area contributed by atoms with Crippen molar-refractivity contribution in [1.29, 1.82) is 0 Å². The zero-order chi connectivity index (χ0) is 17.8. The molecule has 1 aliphatic rings. The van der Waals surface area contributed by atoms with Crippen LogP contribution in [-0.4, -0.2) is 19.1 Å². The lowest BCUT2D eigenvalue weighted by Crippen LogP contribution is -2.25. The smallest absolute Gasteiger partial charge is 0.227 e. The van der Waals surface area contributed by atoms with Crippen LogP contribution in [0.2, 0.25) is 10.0 Å². The van der Waals surface area contributed by atoms with E-state index in [4.69, 9.17) is 27.9 Å². The normalized spacial score (nSPS) is 13.2. The number of hydrogen-bond acceptors (Lipinski definition) is 3. The highest BCUT2D eigenvalue weighted by atomic mass is 35.5. The SMILES string of the molecule is O=C(CCOc1cccc(Cl)c1Cl)Nc1ccc2c(c1F)CCNC2. The van der Waals surface area contributed by atoms with E-state index >= 15 is 0 Å². The van der Waals surface area contributed by atoms with Crippen molar-refractivity contribution in [2.75, 3.05) is 18.5 Å². The van der Waals surface area contributed by atoms with Gasteiger partial charge in [-0.25, -0.2) is 4.39 Å². The van der Waals surface area contributed by atoms with Crippen molar-refractivity contribution in [3.05, 3.63) is 57.3 Å². The Morgan fingerprint density at radius 1 is 1.28 bits per heavy atom. The van der Waals surface area contributed by atoms with Gasteiger partial charge in [0.1, 0.15) is 16.6 Å². The number of carbonyl (C=O) groups is 1. The van der Waals surface area contributed by atoms with Crippen molar-refractivity contribution < 1.29 is 13.9 Å². The molecule has 2 N–H and O–H groups in total. The maximum atomic E-state index is 14.5. The molecule has 0 saturated heterocycles. The molecule has 1 heterocycles. The fraction of sp³-hybridized carbons (Fsp3) is 0.278. The molecule has 1 aliphatic heterocycles. The van der Waals surface area contributed by atoms with E-state index in [0.29, 0.717) is 34.3 Å². The van der Waals surface area contributed by atoms with Crippen molar-refractivity contribution in [2.45, 2.75) is 19.4 Å². The molecule has 3 rings (SSSR count). The number of amides is 1. The summed E-state index contributed by atoms with van der Waals surface area (Å²) in [6, 6.07) is 8.46. The number of ether oxygens (including phenoxy) is 1. The van der Waals surface area contributed by atoms with Crippen molar-refractivity contribution in [2.24, 2.45) is 0 Å². The molecule has 0 aromatic heterocycles. The standard InChI is InChI=1S/C18H17Cl2FN2O2/c19-13-2-1-3-15(17(13)20)25-9-7-16(24)23-14-5-4-11-10-22-8-6-12(11)18(14)21/h1-5,22H,6-10H2,(H,23,24). The highest BCUT2D eigenvalue weighted by molar-refractivity contribution is 6.42. The first kappa shape index (κ1) is 18.0. The van der Waals surface area contributed by atoms with Crippen LogP contribution in [0.1, 0.15) is 17.5 Å². The van der Waals surface area contributed by atoms with Gasteiger partial charge in [-0.2, -0.15) is 0 Å². The van der Waals surface area contributed by atoms with Crippen molar-refractivity contribution in [3.8, 4) is 5.75 Å². The highest BCUT2D eigenvalue weighted by Gasteiger charge is 2.17. The van der Waals surface area contributed by atoms with Crippen LogP contribution in [0.15, 0.2) is 30.3 Å². The van der Waals surface area contributed by atoms with Gasteiger partial charge in [-0.1, -0.05) is 35.3 Å². The number of benzene rings is 2. The summed E-state index contributed by atoms with van der Waals surface area (Å²) in [5, 5.41) is 6.48. The highest BCUT2D eigenvalue weighted by Crippen LogP contribution is 2.31. The quantitative estimate of drug-likeness (QED) is 0.814. The maximum Gasteiger partial charge on any atom is 0.227 e. The molecular weight excluding hydrogens is 366 g/mol. The summed E-state index contributed by atoms with van der Waals surface area (Å²) < 4.78 is 20.0. The number of fused-ring (bicyclic) bond motifs is 1. The average Bonchev–Trinajstić information content (AvgIpc) is 2.61. The Hall–Kier alpha value is -1.82. The van der Waals surface area contributed by atoms with Gasteiger partial charge >= 0.3 is 0 Å². The number of anilines is 1. The molecule has 0 fully saturated rings. The van der Waals surface area contributed by atoms with Crippen LogP contribution in [0, 0.1) is 5.82 Å². The third-order valence-electron chi connectivity index (χ3n) is 3.98. The first-order valence-corrected chi connectivity index (χ1v) is 8.69. The number of hydrogen-bond donors (Lipinski definition) is 2. The first-order valence-electron chi connectivity index (χ1n) is 7.94. The van der Waals surface area contributed by atoms with Gasteiger partial charge in [-0.3, -0.25) is 4.79 Å². The van der Waals surface area contributed by atoms with Gasteiger partial charge in [-0.15, -0.1) is 0 Å². The second-order valence-electron chi connectivity index (χ2n) is 5.69. The van der Waals surface area contributed by atoms with E-state index in [9.17, 15) is 9.18 Å². The average molecular weight is 383 g/mol. The Morgan fingerprint density at radius 3 is 2.96 bits per heavy atom. The molecule has 1 amide bonds. The van der Waals surface area contributed by atoms with Gasteiger partial charge in [0.2, 0.25) is 5.91 Å². The molecule has 0 radical (unpaired) electrons. The summed E-state index contributed by atoms with van der Waals surface area (Å²) in [7, 11) is 0. The molecule has 4 nitrogen and oxygen atoms in total. The van der Waals surface area contributed by atoms with Crippen molar-refractivity contribution in [1.82, 2.24) is 5.32 Å². The monoisotopic (exact) mass is 382 g/mol. The molecule has 0 spiro atoms. The first-order chi connectivity index (χ1) is 12.1. The van der Waals surface area contributed by atoms with Gasteiger partial charge in [0.05, 0.1) is 23.7 Å². The Labute approximate surface area is 155 Å². The second kappa shape index (κ2) is 8.04. The van der Waals surface area contributed by atoms with E-state index in [0.717, 1.165) is 12.1 Å². The van der Waals surface area contributed by atoms with Crippen LogP contribution in [-0.2, 0) is 17.8 Å². The van der Waals surface area contributed by atoms with Gasteiger partial charge < -0.3 is 15.4 Å². The lowest BCUT2D eigenvalue weighted by atomic mass is 9.99. The number of rotatable bonds is 5. The van der Waals surface area contributed by atoms with E-state index in [1.165, 1.54) is 0 Å². The molecule has 7 heteroatoms. The summed E-state index contributed by atoms with van der Waals surface area (Å²) in [5.41, 5.74) is 1.80. The van der Waals surface area contributed by atoms with Crippen molar-refractivity contribution in [3.63, 3.8) is 0 Å². The topological polar surface area (TPSA) is 50.4 Å². The molecule has 0 unspecified atom stereocenters. The molecule has 0 saturated carbocycles. The Morgan fingerprint density at radius 2 is 2.12 bits per heavy atom. The molecule has 25 heavy (non-hydrogen) atoms. The Kier molecular flexibility index (Phi) is 5.78. The van der Waals surface area contributed by atoms with E-state index in [1.807, 2.05) is 6.07 Å². The lowest BCUT2D eigenvalue weighted by molar-refractivity contribution is -0.116. The van der Waals surface area contributed by atoms with Crippen LogP contribution in [0.25, 0.3) is 0 Å². The van der Waals surface area contributed by atoms with Crippen LogP contribution in [0.3, 0.4) is 0 Å². The van der Waals surface area contributed by atoms with E-state index in [-0.39, 0.29) is 30.4 Å². The van der Waals surface area contributed by atoms with Gasteiger partial charge in [0.15, 0.2) is 0 Å².